The summed E-state index contributed by atoms with van der Waals surface area (Å²) in [5.41, 5.74) is 2.75. The number of urea groups is 1. The van der Waals surface area contributed by atoms with Gasteiger partial charge in [0.05, 0.1) is 6.04 Å². The maximum atomic E-state index is 14.4. The van der Waals surface area contributed by atoms with E-state index in [1.165, 1.54) is 19.0 Å². The summed E-state index contributed by atoms with van der Waals surface area (Å²) < 4.78 is 14.4. The maximum absolute atomic E-state index is 14.4. The summed E-state index contributed by atoms with van der Waals surface area (Å²) in [5.74, 6) is -0.775. The van der Waals surface area contributed by atoms with E-state index in [0.717, 1.165) is 21.6 Å². The van der Waals surface area contributed by atoms with Crippen molar-refractivity contribution in [2.75, 3.05) is 14.1 Å². The molecule has 1 aromatic carbocycles. The molecule has 1 saturated heterocycles. The third kappa shape index (κ3) is 1.66. The lowest BCUT2D eigenvalue weighted by Crippen LogP contribution is -2.60. The molecular weight excluding hydrogens is 259 g/mol. The highest BCUT2D eigenvalue weighted by Crippen LogP contribution is 2.35. The van der Waals surface area contributed by atoms with Gasteiger partial charge >= 0.3 is 6.03 Å². The number of allylic oxidation sites excluding steroid dienone is 1. The minimum Gasteiger partial charge on any atom is -0.317 e. The third-order valence-electron chi connectivity index (χ3n) is 4.04. The molecule has 1 heterocycles. The van der Waals surface area contributed by atoms with Crippen molar-refractivity contribution in [3.8, 4) is 0 Å². The zero-order valence-electron chi connectivity index (χ0n) is 11.3. The Morgan fingerprint density at radius 2 is 1.90 bits per heavy atom. The molecule has 0 N–H and O–H groups in total. The Labute approximate surface area is 116 Å². The molecule has 2 aliphatic rings. The molecule has 104 valence electrons. The average Bonchev–Trinajstić information content (AvgIpc) is 2.87. The lowest BCUT2D eigenvalue weighted by atomic mass is 9.93. The summed E-state index contributed by atoms with van der Waals surface area (Å²) in [5, 5.41) is 0. The van der Waals surface area contributed by atoms with Gasteiger partial charge in [0, 0.05) is 14.1 Å². The van der Waals surface area contributed by atoms with E-state index < -0.39 is 24.2 Å². The smallest absolute Gasteiger partial charge is 0.317 e. The quantitative estimate of drug-likeness (QED) is 0.784. The molecule has 0 bridgehead atoms. The van der Waals surface area contributed by atoms with E-state index in [9.17, 15) is 14.0 Å². The van der Waals surface area contributed by atoms with Crippen molar-refractivity contribution in [2.24, 2.45) is 0 Å². The van der Waals surface area contributed by atoms with Crippen LogP contribution in [0.2, 0.25) is 0 Å². The van der Waals surface area contributed by atoms with Gasteiger partial charge in [-0.25, -0.2) is 9.18 Å². The molecule has 5 heteroatoms. The number of rotatable bonds is 1. The number of imide groups is 1. The Balaban J connectivity index is 2.02. The third-order valence-corrected chi connectivity index (χ3v) is 4.04. The van der Waals surface area contributed by atoms with Crippen molar-refractivity contribution in [3.63, 3.8) is 0 Å². The number of likely N-dealkylation sites (N-methyl/N-ethyl adjacent to an activating group) is 1. The molecule has 0 unspecified atom stereocenters. The van der Waals surface area contributed by atoms with Crippen molar-refractivity contribution in [2.45, 2.75) is 18.6 Å². The van der Waals surface area contributed by atoms with Crippen LogP contribution >= 0.6 is 0 Å². The van der Waals surface area contributed by atoms with Gasteiger partial charge in [-0.15, -0.1) is 0 Å². The van der Waals surface area contributed by atoms with Gasteiger partial charge in [0.15, 0.2) is 0 Å². The van der Waals surface area contributed by atoms with Crippen LogP contribution in [0.3, 0.4) is 0 Å². The largest absolute Gasteiger partial charge is 0.326 e. The SMILES string of the molecule is CN1C(=O)[C@@H](F)[C@@H](C2=CCc3ccccc32)N(C)C1=O. The molecule has 1 fully saturated rings. The molecule has 1 aliphatic carbocycles. The number of benzene rings is 1. The molecule has 1 aromatic rings. The first kappa shape index (κ1) is 12.8. The van der Waals surface area contributed by atoms with Crippen LogP contribution in [0.1, 0.15) is 11.1 Å². The van der Waals surface area contributed by atoms with Crippen LogP contribution in [0.5, 0.6) is 0 Å². The number of nitrogens with zero attached hydrogens (tertiary/aromatic N) is 2. The number of fused-ring (bicyclic) bond motifs is 1. The first-order chi connectivity index (χ1) is 9.52. The second-order valence-electron chi connectivity index (χ2n) is 5.16. The standard InChI is InChI=1S/C15H15FN2O2/c1-17-13(12(16)14(19)18(2)15(17)20)11-8-7-9-5-3-4-6-10(9)11/h3-6,8,12-13H,7H2,1-2H3/t12-,13+/m0/s1. The zero-order chi connectivity index (χ0) is 14.4. The van der Waals surface area contributed by atoms with E-state index in [-0.39, 0.29) is 0 Å². The molecule has 3 rings (SSSR count). The Kier molecular flexibility index (Phi) is 2.85. The van der Waals surface area contributed by atoms with Gasteiger partial charge in [-0.3, -0.25) is 9.69 Å². The highest BCUT2D eigenvalue weighted by molar-refractivity contribution is 6.02. The Hall–Kier alpha value is -2.17. The fourth-order valence-electron chi connectivity index (χ4n) is 2.92. The molecule has 0 aromatic heterocycles. The number of alkyl halides is 1. The molecule has 4 nitrogen and oxygen atoms in total. The topological polar surface area (TPSA) is 40.6 Å². The first-order valence-corrected chi connectivity index (χ1v) is 6.49. The van der Waals surface area contributed by atoms with E-state index in [1.54, 1.807) is 0 Å². The number of carbonyl (C=O) groups excluding carboxylic acids is 2. The fourth-order valence-corrected chi connectivity index (χ4v) is 2.92. The fraction of sp³-hybridized carbons (Fsp3) is 0.333. The molecular formula is C15H15FN2O2. The summed E-state index contributed by atoms with van der Waals surface area (Å²) in [4.78, 5) is 26.0. The van der Waals surface area contributed by atoms with Gasteiger partial charge in [0.25, 0.3) is 5.91 Å². The molecule has 3 amide bonds. The summed E-state index contributed by atoms with van der Waals surface area (Å²) in [6.07, 6.45) is 0.894. The minimum absolute atomic E-state index is 0.473. The highest BCUT2D eigenvalue weighted by atomic mass is 19.1. The summed E-state index contributed by atoms with van der Waals surface area (Å²) >= 11 is 0. The molecule has 2 atom stereocenters. The van der Waals surface area contributed by atoms with Crippen LogP contribution in [0, 0.1) is 0 Å². The zero-order valence-corrected chi connectivity index (χ0v) is 11.3. The number of carbonyl (C=O) groups is 2. The van der Waals surface area contributed by atoms with E-state index in [2.05, 4.69) is 0 Å². The second kappa shape index (κ2) is 4.44. The minimum atomic E-state index is -1.72. The van der Waals surface area contributed by atoms with Crippen LogP contribution in [0.15, 0.2) is 30.3 Å². The summed E-state index contributed by atoms with van der Waals surface area (Å²) in [6.45, 7) is 0. The van der Waals surface area contributed by atoms with Gasteiger partial charge in [-0.1, -0.05) is 30.3 Å². The van der Waals surface area contributed by atoms with E-state index in [0.29, 0.717) is 6.42 Å². The second-order valence-corrected chi connectivity index (χ2v) is 5.16. The number of hydrogen-bond donors (Lipinski definition) is 0. The normalized spacial score (nSPS) is 25.9. The number of halogens is 1. The van der Waals surface area contributed by atoms with Crippen LogP contribution in [-0.2, 0) is 11.2 Å². The van der Waals surface area contributed by atoms with E-state index in [4.69, 9.17) is 0 Å². The van der Waals surface area contributed by atoms with Gasteiger partial charge in [-0.2, -0.15) is 0 Å². The van der Waals surface area contributed by atoms with Crippen molar-refractivity contribution in [3.05, 3.63) is 41.5 Å². The molecule has 1 aliphatic heterocycles. The van der Waals surface area contributed by atoms with Crippen molar-refractivity contribution in [1.29, 1.82) is 0 Å². The van der Waals surface area contributed by atoms with Gasteiger partial charge in [0.1, 0.15) is 0 Å². The Bertz CT molecular complexity index is 604. The van der Waals surface area contributed by atoms with Gasteiger partial charge < -0.3 is 4.90 Å². The van der Waals surface area contributed by atoms with Crippen LogP contribution in [0.25, 0.3) is 5.57 Å². The molecule has 0 radical (unpaired) electrons. The molecule has 0 spiro atoms. The van der Waals surface area contributed by atoms with E-state index in [1.807, 2.05) is 30.3 Å². The summed E-state index contributed by atoms with van der Waals surface area (Å²) in [6, 6.07) is 6.38. The predicted molar refractivity (Wildman–Crippen MR) is 72.7 cm³/mol. The van der Waals surface area contributed by atoms with Gasteiger partial charge in [-0.05, 0) is 23.1 Å². The Morgan fingerprint density at radius 1 is 1.20 bits per heavy atom. The molecule has 0 saturated carbocycles. The van der Waals surface area contributed by atoms with Gasteiger partial charge in [0.2, 0.25) is 6.17 Å². The van der Waals surface area contributed by atoms with Crippen LogP contribution < -0.4 is 0 Å². The maximum Gasteiger partial charge on any atom is 0.326 e. The number of hydrogen-bond acceptors (Lipinski definition) is 2. The lowest BCUT2D eigenvalue weighted by Gasteiger charge is -2.39. The Morgan fingerprint density at radius 3 is 2.65 bits per heavy atom. The summed E-state index contributed by atoms with van der Waals surface area (Å²) in [7, 11) is 2.84. The average molecular weight is 274 g/mol. The predicted octanol–water partition coefficient (Wildman–Crippen LogP) is 1.86. The molecule has 20 heavy (non-hydrogen) atoms. The highest BCUT2D eigenvalue weighted by Gasteiger charge is 2.46. The monoisotopic (exact) mass is 274 g/mol. The van der Waals surface area contributed by atoms with Crippen LogP contribution in [-0.4, -0.2) is 48.0 Å². The van der Waals surface area contributed by atoms with E-state index >= 15 is 0 Å². The lowest BCUT2D eigenvalue weighted by molar-refractivity contribution is -0.137. The first-order valence-electron chi connectivity index (χ1n) is 6.49. The van der Waals surface area contributed by atoms with Crippen molar-refractivity contribution >= 4 is 17.5 Å². The van der Waals surface area contributed by atoms with Crippen molar-refractivity contribution < 1.29 is 14.0 Å². The number of amides is 3. The van der Waals surface area contributed by atoms with Crippen LogP contribution in [0.4, 0.5) is 9.18 Å². The van der Waals surface area contributed by atoms with Crippen molar-refractivity contribution in [1.82, 2.24) is 9.80 Å².